The molecule has 0 aliphatic heterocycles. The third-order valence-electron chi connectivity index (χ3n) is 1.59. The molecule has 11 heavy (non-hydrogen) atoms. The first-order valence-electron chi connectivity index (χ1n) is 3.32. The fourth-order valence-corrected chi connectivity index (χ4v) is 1.07. The van der Waals surface area contributed by atoms with Crippen LogP contribution in [0.1, 0.15) is 0 Å². The van der Waals surface area contributed by atoms with Gasteiger partial charge in [-0.3, -0.25) is 0 Å². The third-order valence-corrected chi connectivity index (χ3v) is 1.59. The van der Waals surface area contributed by atoms with E-state index in [1.165, 1.54) is 10.8 Å². The van der Waals surface area contributed by atoms with Gasteiger partial charge in [-0.1, -0.05) is 18.2 Å². The molecule has 0 radical (unpaired) electrons. The fraction of sp³-hybridized carbons (Fsp3) is 0. The van der Waals surface area contributed by atoms with E-state index < -0.39 is 0 Å². The Bertz CT molecular complexity index is 276. The van der Waals surface area contributed by atoms with E-state index in [2.05, 4.69) is 24.3 Å². The molecule has 0 fully saturated rings. The minimum atomic E-state index is 0. The van der Waals surface area contributed by atoms with Crippen LogP contribution in [-0.4, -0.2) is 0 Å². The molecule has 0 N–H and O–H groups in total. The summed E-state index contributed by atoms with van der Waals surface area (Å²) in [6, 6.07) is 17.3. The molecule has 0 spiro atoms. The summed E-state index contributed by atoms with van der Waals surface area (Å²) >= 11 is 0. The van der Waals surface area contributed by atoms with Crippen molar-refractivity contribution in [2.24, 2.45) is 0 Å². The molecule has 0 amide bonds. The van der Waals surface area contributed by atoms with Gasteiger partial charge in [-0.25, -0.2) is 0 Å². The molecule has 0 nitrogen and oxygen atoms in total. The summed E-state index contributed by atoms with van der Waals surface area (Å²) in [5.74, 6) is 0. The van der Waals surface area contributed by atoms with Crippen LogP contribution in [0.5, 0.6) is 0 Å². The van der Waals surface area contributed by atoms with E-state index in [1.54, 1.807) is 0 Å². The minimum Gasteiger partial charge on any atom is -0.183 e. The van der Waals surface area contributed by atoms with Crippen molar-refractivity contribution in [2.45, 2.75) is 0 Å². The van der Waals surface area contributed by atoms with Gasteiger partial charge < -0.3 is 0 Å². The van der Waals surface area contributed by atoms with Gasteiger partial charge in [0, 0.05) is 19.5 Å². The molecule has 0 saturated heterocycles. The van der Waals surface area contributed by atoms with Gasteiger partial charge in [0.05, 0.1) is 0 Å². The van der Waals surface area contributed by atoms with Crippen molar-refractivity contribution in [2.75, 3.05) is 0 Å². The zero-order valence-corrected chi connectivity index (χ0v) is 9.22. The van der Waals surface area contributed by atoms with Crippen LogP contribution in [0.2, 0.25) is 0 Å². The molecule has 2 aromatic carbocycles. The van der Waals surface area contributed by atoms with Crippen LogP contribution in [0.3, 0.4) is 0 Å². The Kier molecular flexibility index (Phi) is 2.79. The predicted molar refractivity (Wildman–Crippen MR) is 42.8 cm³/mol. The maximum absolute atomic E-state index is 3.04. The molecular weight excluding hydrogens is 185 g/mol. The summed E-state index contributed by atoms with van der Waals surface area (Å²) in [5, 5.41) is 2.53. The van der Waals surface area contributed by atoms with Gasteiger partial charge in [0.15, 0.2) is 0 Å². The fourth-order valence-electron chi connectivity index (χ4n) is 1.07. The summed E-state index contributed by atoms with van der Waals surface area (Å²) < 4.78 is 0. The molecule has 0 heterocycles. The number of fused-ring (bicyclic) bond motifs is 1. The van der Waals surface area contributed by atoms with Gasteiger partial charge >= 0.3 is 0 Å². The molecule has 2 rings (SSSR count). The monoisotopic (exact) mass is 191 g/mol. The quantitative estimate of drug-likeness (QED) is 0.445. The zero-order valence-electron chi connectivity index (χ0n) is 6.25. The Morgan fingerprint density at radius 2 is 1.64 bits per heavy atom. The maximum Gasteiger partial charge on any atom is 0 e. The molecule has 50 valence electrons. The topological polar surface area (TPSA) is 0 Å². The molecule has 0 saturated carbocycles. The van der Waals surface area contributed by atoms with Crippen LogP contribution in [0.25, 0.3) is 10.8 Å². The second-order valence-electron chi connectivity index (χ2n) is 2.27. The predicted octanol–water partition coefficient (Wildman–Crippen LogP) is 2.64. The van der Waals surface area contributed by atoms with Gasteiger partial charge in [0.2, 0.25) is 0 Å². The molecule has 0 atom stereocenters. The average Bonchev–Trinajstić information content (AvgIpc) is 2.05. The molecular formula is C10H7Zn-. The molecule has 0 aliphatic carbocycles. The standard InChI is InChI=1S/C10H7.Zn/c1-2-6-10-8-4-3-7-9(10)5-1;/h1-3,5-8H;/q-1;. The summed E-state index contributed by atoms with van der Waals surface area (Å²) in [6.07, 6.45) is 0. The summed E-state index contributed by atoms with van der Waals surface area (Å²) in [6.45, 7) is 0. The van der Waals surface area contributed by atoms with Gasteiger partial charge in [0.25, 0.3) is 0 Å². The van der Waals surface area contributed by atoms with Crippen LogP contribution in [0.4, 0.5) is 0 Å². The van der Waals surface area contributed by atoms with Crippen LogP contribution in [-0.2, 0) is 19.5 Å². The third kappa shape index (κ3) is 1.67. The van der Waals surface area contributed by atoms with Crippen molar-refractivity contribution >= 4 is 10.8 Å². The second kappa shape index (κ2) is 3.64. The van der Waals surface area contributed by atoms with E-state index in [-0.39, 0.29) is 19.5 Å². The molecule has 1 heteroatoms. The molecule has 0 aliphatic rings. The van der Waals surface area contributed by atoms with Crippen molar-refractivity contribution in [3.8, 4) is 0 Å². The molecule has 0 bridgehead atoms. The first-order chi connectivity index (χ1) is 4.97. The van der Waals surface area contributed by atoms with E-state index in [1.807, 2.05) is 24.3 Å². The van der Waals surface area contributed by atoms with Gasteiger partial charge in [0.1, 0.15) is 0 Å². The van der Waals surface area contributed by atoms with Crippen molar-refractivity contribution in [3.05, 3.63) is 48.5 Å². The second-order valence-corrected chi connectivity index (χ2v) is 2.27. The number of benzene rings is 2. The minimum absolute atomic E-state index is 0. The first-order valence-corrected chi connectivity index (χ1v) is 3.32. The number of rotatable bonds is 0. The van der Waals surface area contributed by atoms with Crippen LogP contribution < -0.4 is 0 Å². The number of hydrogen-bond acceptors (Lipinski definition) is 0. The summed E-state index contributed by atoms with van der Waals surface area (Å²) in [5.41, 5.74) is 0. The van der Waals surface area contributed by atoms with Crippen LogP contribution in [0.15, 0.2) is 42.5 Å². The summed E-state index contributed by atoms with van der Waals surface area (Å²) in [4.78, 5) is 0. The normalized spacial score (nSPS) is 9.09. The van der Waals surface area contributed by atoms with Crippen molar-refractivity contribution in [3.63, 3.8) is 0 Å². The van der Waals surface area contributed by atoms with E-state index in [9.17, 15) is 0 Å². The van der Waals surface area contributed by atoms with E-state index in [4.69, 9.17) is 0 Å². The Morgan fingerprint density at radius 1 is 0.909 bits per heavy atom. The Hall–Kier alpha value is -0.677. The molecule has 0 unspecified atom stereocenters. The Morgan fingerprint density at radius 3 is 2.36 bits per heavy atom. The smallest absolute Gasteiger partial charge is 0 e. The van der Waals surface area contributed by atoms with Crippen LogP contribution in [0, 0.1) is 6.07 Å². The van der Waals surface area contributed by atoms with Gasteiger partial charge in [-0.15, -0.1) is 16.8 Å². The Balaban J connectivity index is 0.000000605. The Labute approximate surface area is 79.0 Å². The maximum atomic E-state index is 3.04. The largest absolute Gasteiger partial charge is 0.183 e. The van der Waals surface area contributed by atoms with Crippen molar-refractivity contribution in [1.82, 2.24) is 0 Å². The van der Waals surface area contributed by atoms with Crippen molar-refractivity contribution in [1.29, 1.82) is 0 Å². The van der Waals surface area contributed by atoms with E-state index in [0.717, 1.165) is 0 Å². The molecule has 2 aromatic rings. The first kappa shape index (κ1) is 8.42. The molecule has 0 aromatic heterocycles. The van der Waals surface area contributed by atoms with E-state index >= 15 is 0 Å². The van der Waals surface area contributed by atoms with Gasteiger partial charge in [-0.05, 0) is 0 Å². The summed E-state index contributed by atoms with van der Waals surface area (Å²) in [7, 11) is 0. The zero-order chi connectivity index (χ0) is 6.81. The van der Waals surface area contributed by atoms with Crippen LogP contribution >= 0.6 is 0 Å². The number of hydrogen-bond donors (Lipinski definition) is 0. The van der Waals surface area contributed by atoms with E-state index in [0.29, 0.717) is 0 Å². The average molecular weight is 193 g/mol. The SMILES string of the molecule is [Zn].[c-]1ccc2ccccc2c1. The van der Waals surface area contributed by atoms with Gasteiger partial charge in [-0.2, -0.15) is 24.3 Å². The van der Waals surface area contributed by atoms with Crippen molar-refractivity contribution < 1.29 is 19.5 Å².